The molecule has 0 amide bonds. The highest BCUT2D eigenvalue weighted by Crippen LogP contribution is 2.16. The van der Waals surface area contributed by atoms with Crippen LogP contribution in [0.2, 0.25) is 0 Å². The summed E-state index contributed by atoms with van der Waals surface area (Å²) in [6.45, 7) is 1.70. The second-order valence-corrected chi connectivity index (χ2v) is 1.32. The fraction of sp³-hybridized carbons (Fsp3) is 0.250. The molecule has 1 N–H and O–H groups in total. The molecule has 0 fully saturated rings. The SMILES string of the molecule is C[C]1N=NC=C1O. The van der Waals surface area contributed by atoms with E-state index in [1.54, 1.807) is 6.92 Å². The van der Waals surface area contributed by atoms with E-state index in [1.165, 1.54) is 6.20 Å². The van der Waals surface area contributed by atoms with Gasteiger partial charge in [0.1, 0.15) is 5.76 Å². The van der Waals surface area contributed by atoms with Crippen molar-refractivity contribution in [3.8, 4) is 0 Å². The number of rotatable bonds is 0. The van der Waals surface area contributed by atoms with Crippen molar-refractivity contribution in [3.05, 3.63) is 18.0 Å². The predicted octanol–water partition coefficient (Wildman–Crippen LogP) is 1.40. The van der Waals surface area contributed by atoms with Crippen LogP contribution in [-0.4, -0.2) is 5.11 Å². The predicted molar refractivity (Wildman–Crippen MR) is 24.5 cm³/mol. The Balaban J connectivity index is 2.69. The number of hydrogen-bond donors (Lipinski definition) is 1. The maximum absolute atomic E-state index is 8.63. The van der Waals surface area contributed by atoms with Crippen molar-refractivity contribution in [2.45, 2.75) is 6.92 Å². The van der Waals surface area contributed by atoms with E-state index in [2.05, 4.69) is 10.2 Å². The first-order chi connectivity index (χ1) is 3.30. The second-order valence-electron chi connectivity index (χ2n) is 1.32. The highest BCUT2D eigenvalue weighted by atomic mass is 16.3. The minimum Gasteiger partial charge on any atom is -0.508 e. The average Bonchev–Trinajstić information content (AvgIpc) is 1.91. The van der Waals surface area contributed by atoms with Crippen molar-refractivity contribution in [3.63, 3.8) is 0 Å². The van der Waals surface area contributed by atoms with Gasteiger partial charge in [-0.25, -0.2) is 0 Å². The van der Waals surface area contributed by atoms with Gasteiger partial charge in [0.2, 0.25) is 0 Å². The van der Waals surface area contributed by atoms with Gasteiger partial charge in [-0.1, -0.05) is 0 Å². The van der Waals surface area contributed by atoms with Gasteiger partial charge in [-0.15, -0.1) is 0 Å². The largest absolute Gasteiger partial charge is 0.508 e. The summed E-state index contributed by atoms with van der Waals surface area (Å²) in [7, 11) is 0. The molecule has 0 aromatic rings. The molecule has 0 unspecified atom stereocenters. The molecule has 3 nitrogen and oxygen atoms in total. The van der Waals surface area contributed by atoms with Crippen LogP contribution in [0.3, 0.4) is 0 Å². The Kier molecular flexibility index (Phi) is 0.817. The number of azo groups is 1. The highest BCUT2D eigenvalue weighted by Gasteiger charge is 2.09. The van der Waals surface area contributed by atoms with E-state index in [0.717, 1.165) is 0 Å². The quantitative estimate of drug-likeness (QED) is 0.488. The molecule has 7 heavy (non-hydrogen) atoms. The molecule has 3 heteroatoms. The average molecular weight is 97.1 g/mol. The third-order valence-corrected chi connectivity index (χ3v) is 0.758. The number of aliphatic hydroxyl groups excluding tert-OH is 1. The maximum atomic E-state index is 8.63. The van der Waals surface area contributed by atoms with Crippen LogP contribution in [0, 0.1) is 6.04 Å². The Bertz CT molecular complexity index is 128. The molecule has 0 aliphatic carbocycles. The van der Waals surface area contributed by atoms with E-state index in [4.69, 9.17) is 5.11 Å². The summed E-state index contributed by atoms with van der Waals surface area (Å²) < 4.78 is 0. The van der Waals surface area contributed by atoms with Gasteiger partial charge in [-0.3, -0.25) is 0 Å². The van der Waals surface area contributed by atoms with Crippen LogP contribution < -0.4 is 0 Å². The van der Waals surface area contributed by atoms with Gasteiger partial charge in [-0.2, -0.15) is 10.2 Å². The lowest BCUT2D eigenvalue weighted by atomic mass is 10.3. The minimum atomic E-state index is 0.167. The molecule has 0 saturated carbocycles. The van der Waals surface area contributed by atoms with E-state index < -0.39 is 0 Å². The molecule has 37 valence electrons. The van der Waals surface area contributed by atoms with E-state index in [1.807, 2.05) is 0 Å². The van der Waals surface area contributed by atoms with Crippen molar-refractivity contribution in [2.75, 3.05) is 0 Å². The first-order valence-electron chi connectivity index (χ1n) is 1.94. The smallest absolute Gasteiger partial charge is 0.171 e. The lowest BCUT2D eigenvalue weighted by molar-refractivity contribution is 0.408. The van der Waals surface area contributed by atoms with Crippen LogP contribution in [-0.2, 0) is 0 Å². The summed E-state index contributed by atoms with van der Waals surface area (Å²) in [5, 5.41) is 15.6. The minimum absolute atomic E-state index is 0.167. The van der Waals surface area contributed by atoms with Crippen LogP contribution in [0.1, 0.15) is 6.92 Å². The lowest BCUT2D eigenvalue weighted by Crippen LogP contribution is -1.83. The Hall–Kier alpha value is -0.860. The normalized spacial score (nSPS) is 20.4. The molecule has 1 heterocycles. The van der Waals surface area contributed by atoms with Gasteiger partial charge in [0.15, 0.2) is 6.04 Å². The summed E-state index contributed by atoms with van der Waals surface area (Å²) in [5.41, 5.74) is 0. The number of hydrogen-bond acceptors (Lipinski definition) is 3. The summed E-state index contributed by atoms with van der Waals surface area (Å²) in [6, 6.07) is 0.583. The van der Waals surface area contributed by atoms with Crippen molar-refractivity contribution < 1.29 is 5.11 Å². The van der Waals surface area contributed by atoms with Crippen LogP contribution in [0.25, 0.3) is 0 Å². The Labute approximate surface area is 41.4 Å². The zero-order chi connectivity index (χ0) is 5.28. The third-order valence-electron chi connectivity index (χ3n) is 0.758. The van der Waals surface area contributed by atoms with Gasteiger partial charge in [0.05, 0.1) is 6.20 Å². The summed E-state index contributed by atoms with van der Waals surface area (Å²) in [6.07, 6.45) is 1.31. The molecule has 1 radical (unpaired) electrons. The molecule has 0 aromatic carbocycles. The Morgan fingerprint density at radius 3 is 2.57 bits per heavy atom. The molecular weight excluding hydrogens is 92.1 g/mol. The van der Waals surface area contributed by atoms with Crippen LogP contribution in [0.15, 0.2) is 22.2 Å². The van der Waals surface area contributed by atoms with Crippen molar-refractivity contribution in [1.82, 2.24) is 0 Å². The van der Waals surface area contributed by atoms with Gasteiger partial charge >= 0.3 is 0 Å². The van der Waals surface area contributed by atoms with Crippen molar-refractivity contribution in [2.24, 2.45) is 10.2 Å². The van der Waals surface area contributed by atoms with Gasteiger partial charge in [0.25, 0.3) is 0 Å². The fourth-order valence-electron chi connectivity index (χ4n) is 0.315. The molecule has 1 aliphatic heterocycles. The first-order valence-corrected chi connectivity index (χ1v) is 1.94. The molecule has 0 aromatic heterocycles. The number of aliphatic hydroxyl groups is 1. The van der Waals surface area contributed by atoms with Crippen molar-refractivity contribution >= 4 is 0 Å². The zero-order valence-electron chi connectivity index (χ0n) is 3.92. The standard InChI is InChI=1S/C4H5N2O/c1-3-4(7)2-5-6-3/h2,7H,1H3. The molecule has 0 saturated heterocycles. The van der Waals surface area contributed by atoms with E-state index >= 15 is 0 Å². The molecule has 0 bridgehead atoms. The molecule has 1 aliphatic rings. The highest BCUT2D eigenvalue weighted by molar-refractivity contribution is 5.15. The van der Waals surface area contributed by atoms with Crippen LogP contribution in [0.4, 0.5) is 0 Å². The first kappa shape index (κ1) is 4.30. The molecule has 0 spiro atoms. The van der Waals surface area contributed by atoms with E-state index in [0.29, 0.717) is 6.04 Å². The third kappa shape index (κ3) is 0.607. The summed E-state index contributed by atoms with van der Waals surface area (Å²) >= 11 is 0. The van der Waals surface area contributed by atoms with Gasteiger partial charge in [-0.05, 0) is 6.92 Å². The Morgan fingerprint density at radius 2 is 2.43 bits per heavy atom. The van der Waals surface area contributed by atoms with Crippen LogP contribution in [0.5, 0.6) is 0 Å². The van der Waals surface area contributed by atoms with Crippen molar-refractivity contribution in [1.29, 1.82) is 0 Å². The molecular formula is C4H5N2O. The fourth-order valence-corrected chi connectivity index (χ4v) is 0.315. The zero-order valence-corrected chi connectivity index (χ0v) is 3.92. The second kappa shape index (κ2) is 1.33. The van der Waals surface area contributed by atoms with E-state index in [9.17, 15) is 0 Å². The topological polar surface area (TPSA) is 45.0 Å². The van der Waals surface area contributed by atoms with Gasteiger partial charge in [0, 0.05) is 0 Å². The summed E-state index contributed by atoms with van der Waals surface area (Å²) in [5.74, 6) is 0.167. The van der Waals surface area contributed by atoms with Gasteiger partial charge < -0.3 is 5.11 Å². The molecule has 1 rings (SSSR count). The van der Waals surface area contributed by atoms with Crippen LogP contribution >= 0.6 is 0 Å². The molecule has 0 atom stereocenters. The van der Waals surface area contributed by atoms with E-state index in [-0.39, 0.29) is 5.76 Å². The maximum Gasteiger partial charge on any atom is 0.171 e. The lowest BCUT2D eigenvalue weighted by Gasteiger charge is -1.89. The summed E-state index contributed by atoms with van der Waals surface area (Å²) in [4.78, 5) is 0. The monoisotopic (exact) mass is 97.0 g/mol. The number of nitrogens with zero attached hydrogens (tertiary/aromatic N) is 2. The Morgan fingerprint density at radius 1 is 1.71 bits per heavy atom.